The van der Waals surface area contributed by atoms with Gasteiger partial charge < -0.3 is 53.6 Å². The first-order chi connectivity index (χ1) is 32.0. The van der Waals surface area contributed by atoms with Crippen molar-refractivity contribution in [3.63, 3.8) is 0 Å². The second-order valence-electron chi connectivity index (χ2n) is 19.3. The average Bonchev–Trinajstić information content (AvgIpc) is 3.55. The van der Waals surface area contributed by atoms with Crippen LogP contribution in [0.3, 0.4) is 0 Å². The van der Waals surface area contributed by atoms with Crippen molar-refractivity contribution < 1.29 is 62.6 Å². The number of phenols is 1. The van der Waals surface area contributed by atoms with E-state index in [4.69, 9.17) is 33.1 Å². The van der Waals surface area contributed by atoms with Crippen molar-refractivity contribution >= 4 is 62.4 Å². The quantitative estimate of drug-likeness (QED) is 0.0661. The van der Waals surface area contributed by atoms with E-state index in [-0.39, 0.29) is 86.1 Å². The number of ketones is 1. The highest BCUT2D eigenvalue weighted by Crippen LogP contribution is 2.48. The number of Topliss-reactive ketones (excluding diaryl/α,β-unsaturated/α-hetero) is 1. The molecule has 68 heavy (non-hydrogen) atoms. The maximum absolute atomic E-state index is 14.6. The van der Waals surface area contributed by atoms with Gasteiger partial charge in [-0.2, -0.15) is 0 Å². The number of hydrogen-bond donors (Lipinski definition) is 4. The monoisotopic (exact) mass is 939 g/mol. The van der Waals surface area contributed by atoms with E-state index >= 15 is 0 Å². The van der Waals surface area contributed by atoms with Crippen LogP contribution in [-0.2, 0) is 23.8 Å². The highest BCUT2D eigenvalue weighted by molar-refractivity contribution is 6.26. The number of aliphatic hydroxyl groups is 2. The number of carbonyl (C=O) groups is 4. The summed E-state index contributed by atoms with van der Waals surface area (Å²) in [6.45, 7) is 17.1. The number of anilines is 1. The van der Waals surface area contributed by atoms with Gasteiger partial charge in [0, 0.05) is 80.1 Å². The van der Waals surface area contributed by atoms with Crippen LogP contribution in [0.2, 0.25) is 0 Å². The van der Waals surface area contributed by atoms with Gasteiger partial charge in [-0.3, -0.25) is 19.2 Å². The maximum Gasteiger partial charge on any atom is 0.410 e. The Morgan fingerprint density at radius 2 is 1.69 bits per heavy atom. The second kappa shape index (κ2) is 19.3. The summed E-state index contributed by atoms with van der Waals surface area (Å²) in [5.41, 5.74) is -1.26. The minimum Gasteiger partial charge on any atom is -0.505 e. The summed E-state index contributed by atoms with van der Waals surface area (Å²) >= 11 is 0. The molecule has 3 aromatic carbocycles. The minimum atomic E-state index is -1.99. The van der Waals surface area contributed by atoms with Gasteiger partial charge in [-0.25, -0.2) is 9.78 Å². The number of esters is 1. The summed E-state index contributed by atoms with van der Waals surface area (Å²) in [5.74, 6) is -5.99. The van der Waals surface area contributed by atoms with Crippen LogP contribution in [0.4, 0.5) is 10.5 Å². The lowest BCUT2D eigenvalue weighted by atomic mass is 9.81. The Labute approximate surface area is 393 Å². The molecular weight excluding hydrogens is 879 g/mol. The number of phenolic OH excluding ortho intramolecular Hbond substituents is 1. The van der Waals surface area contributed by atoms with Crippen molar-refractivity contribution in [1.29, 1.82) is 0 Å². The van der Waals surface area contributed by atoms with Crippen molar-refractivity contribution in [2.24, 2.45) is 17.8 Å². The number of aromatic hydroxyl groups is 1. The molecule has 17 heteroatoms. The molecule has 17 nitrogen and oxygen atoms in total. The van der Waals surface area contributed by atoms with Gasteiger partial charge in [0.25, 0.3) is 11.7 Å². The lowest BCUT2D eigenvalue weighted by Gasteiger charge is -2.34. The van der Waals surface area contributed by atoms with Gasteiger partial charge in [0.1, 0.15) is 46.0 Å². The molecule has 3 aliphatic rings. The molecule has 364 valence electrons. The number of aliphatic hydroxyl groups excluding tert-OH is 2. The Balaban J connectivity index is 1.33. The van der Waals surface area contributed by atoms with E-state index in [9.17, 15) is 39.3 Å². The number of nitrogens with one attached hydrogen (secondary N) is 1. The molecule has 0 aliphatic carbocycles. The second-order valence-corrected chi connectivity index (χ2v) is 19.3. The molecular formula is C51H61N3O14. The number of hydrogen-bond acceptors (Lipinski definition) is 15. The standard InChI is InChI=1S/C51H61N3O14/c1-25-14-13-15-26(2)48(61)53-40-44(59)37-36(39-46(40)66-35-24-32(17-18-33(35)52-39)65-31-19-21-54(22-20-31)49(62)68-50(7,8)9)38-45(29(5)43(37)58)67-51(10,47(38)60)63-23-12-11-16-34(64-30(6)55)27(3)42(57)28(4)41(25)56/h12-15,17-18,23-25,27-28,31,34,41-42,56-57,59H,11,16,19-22H2,1-10H3,(H,53,61)/b14-13+,23-12+,26-15-/t25-,27-,28+,34+,41-,42-,51-/m0/s1. The number of piperidine rings is 1. The van der Waals surface area contributed by atoms with Crippen LogP contribution < -0.4 is 20.2 Å². The lowest BCUT2D eigenvalue weighted by molar-refractivity contribution is -0.153. The number of ether oxygens (including phenoxy) is 5. The molecule has 4 bridgehead atoms. The number of benzene rings is 3. The molecule has 1 fully saturated rings. The first-order valence-electron chi connectivity index (χ1n) is 23.0. The Morgan fingerprint density at radius 3 is 2.37 bits per heavy atom. The Morgan fingerprint density at radius 1 is 0.985 bits per heavy atom. The third-order valence-electron chi connectivity index (χ3n) is 12.9. The van der Waals surface area contributed by atoms with Crippen LogP contribution in [0.1, 0.15) is 104 Å². The zero-order chi connectivity index (χ0) is 49.6. The van der Waals surface area contributed by atoms with E-state index in [0.29, 0.717) is 31.7 Å². The number of amides is 2. The Bertz CT molecular complexity index is 2810. The zero-order valence-electron chi connectivity index (χ0n) is 40.1. The minimum absolute atomic E-state index is 0.00503. The average molecular weight is 940 g/mol. The maximum atomic E-state index is 14.6. The molecule has 7 atom stereocenters. The van der Waals surface area contributed by atoms with Gasteiger partial charge in [0.15, 0.2) is 22.3 Å². The molecule has 1 aromatic heterocycles. The van der Waals surface area contributed by atoms with Crippen molar-refractivity contribution in [2.45, 2.75) is 131 Å². The van der Waals surface area contributed by atoms with Gasteiger partial charge in [-0.15, -0.1) is 0 Å². The summed E-state index contributed by atoms with van der Waals surface area (Å²) in [5, 5.41) is 37.2. The molecule has 4 N–H and O–H groups in total. The van der Waals surface area contributed by atoms with Gasteiger partial charge in [-0.05, 0) is 65.7 Å². The van der Waals surface area contributed by atoms with Crippen molar-refractivity contribution in [3.05, 3.63) is 75.7 Å². The fourth-order valence-electron chi connectivity index (χ4n) is 8.92. The molecule has 0 radical (unpaired) electrons. The van der Waals surface area contributed by atoms with Crippen LogP contribution >= 0.6 is 0 Å². The molecule has 4 heterocycles. The normalized spacial score (nSPS) is 27.3. The summed E-state index contributed by atoms with van der Waals surface area (Å²) in [6, 6.07) is 4.95. The van der Waals surface area contributed by atoms with Gasteiger partial charge in [-0.1, -0.05) is 39.0 Å². The molecule has 2 amide bonds. The summed E-state index contributed by atoms with van der Waals surface area (Å²) in [4.78, 5) is 74.3. The van der Waals surface area contributed by atoms with Crippen molar-refractivity contribution in [1.82, 2.24) is 9.88 Å². The van der Waals surface area contributed by atoms with E-state index in [0.717, 1.165) is 0 Å². The highest BCUT2D eigenvalue weighted by Gasteiger charge is 2.49. The number of rotatable bonds is 3. The molecule has 1 saturated heterocycles. The molecule has 0 spiro atoms. The van der Waals surface area contributed by atoms with Gasteiger partial charge >= 0.3 is 17.8 Å². The van der Waals surface area contributed by atoms with Crippen molar-refractivity contribution in [2.75, 3.05) is 18.4 Å². The summed E-state index contributed by atoms with van der Waals surface area (Å²) in [6.07, 6.45) is 5.79. The first kappa shape index (κ1) is 49.4. The van der Waals surface area contributed by atoms with Crippen LogP contribution in [0.15, 0.2) is 63.6 Å². The number of fused-ring (bicyclic) bond motifs is 2. The van der Waals surface area contributed by atoms with Gasteiger partial charge in [0.05, 0.1) is 29.4 Å². The fourth-order valence-corrected chi connectivity index (χ4v) is 8.92. The van der Waals surface area contributed by atoms with E-state index in [2.05, 4.69) is 5.32 Å². The molecule has 0 unspecified atom stereocenters. The van der Waals surface area contributed by atoms with E-state index in [1.54, 1.807) is 62.1 Å². The van der Waals surface area contributed by atoms with Gasteiger partial charge in [0.2, 0.25) is 0 Å². The largest absolute Gasteiger partial charge is 0.505 e. The zero-order valence-corrected chi connectivity index (χ0v) is 40.1. The Kier molecular flexibility index (Phi) is 14.0. The topological polar surface area (TPSA) is 233 Å². The lowest BCUT2D eigenvalue weighted by Crippen LogP contribution is -2.44. The molecule has 4 aromatic rings. The SMILES string of the molecule is CC(=O)O[C@@H]1CC/C=C/O[C@@]2(C)Oc3c(C)c(=O)c4c(O)c(c5oc6cc(OC7CCN(C(=O)OC(C)(C)C)CC7)ccc6nc5c4c3C2=O)NC(=O)/C(C)=C\C=C\[C@H](C)[C@H](O)[C@@H](C)[C@@H](O)[C@H]1C. The smallest absolute Gasteiger partial charge is 0.410 e. The highest BCUT2D eigenvalue weighted by atomic mass is 16.7. The third-order valence-corrected chi connectivity index (χ3v) is 12.9. The summed E-state index contributed by atoms with van der Waals surface area (Å²) in [7, 11) is 0. The predicted octanol–water partition coefficient (Wildman–Crippen LogP) is 7.90. The van der Waals surface area contributed by atoms with E-state index in [1.807, 2.05) is 20.8 Å². The van der Waals surface area contributed by atoms with Crippen molar-refractivity contribution in [3.8, 4) is 17.2 Å². The van der Waals surface area contributed by atoms with E-state index < -0.39 is 76.3 Å². The van der Waals surface area contributed by atoms with Crippen LogP contribution in [-0.4, -0.2) is 97.8 Å². The fraction of sp³-hybridized carbons (Fsp3) is 0.490. The van der Waals surface area contributed by atoms with Crippen LogP contribution in [0, 0.1) is 24.7 Å². The summed E-state index contributed by atoms with van der Waals surface area (Å²) < 4.78 is 36.2. The third kappa shape index (κ3) is 9.90. The first-order valence-corrected chi connectivity index (χ1v) is 23.0. The number of allylic oxidation sites excluding steroid dienone is 3. The molecule has 0 saturated carbocycles. The number of nitrogens with zero attached hydrogens (tertiary/aromatic N) is 2. The Hall–Kier alpha value is -6.46. The molecule has 7 rings (SSSR count). The molecule has 3 aliphatic heterocycles. The van der Waals surface area contributed by atoms with E-state index in [1.165, 1.54) is 40.0 Å². The predicted molar refractivity (Wildman–Crippen MR) is 253 cm³/mol. The number of aromatic nitrogens is 1. The number of carbonyl (C=O) groups excluding carboxylic acids is 4. The number of likely N-dealkylation sites (tertiary alicyclic amines) is 1. The van der Waals surface area contributed by atoms with Crippen LogP contribution in [0.5, 0.6) is 17.2 Å². The van der Waals surface area contributed by atoms with Crippen LogP contribution in [0.25, 0.3) is 33.0 Å².